The average Bonchev–Trinajstić information content (AvgIpc) is 2.45. The molecule has 0 aliphatic rings. The van der Waals surface area contributed by atoms with Crippen molar-refractivity contribution in [2.75, 3.05) is 6.61 Å². The van der Waals surface area contributed by atoms with Gasteiger partial charge in [0.2, 0.25) is 0 Å². The molecule has 0 amide bonds. The van der Waals surface area contributed by atoms with Gasteiger partial charge in [-0.25, -0.2) is 0 Å². The molecular weight excluding hydrogens is 347 g/mol. The first kappa shape index (κ1) is 22.4. The number of carbonyl (C=O) groups excluding carboxylic acids is 5. The lowest BCUT2D eigenvalue weighted by Crippen LogP contribution is -2.53. The van der Waals surface area contributed by atoms with Crippen LogP contribution in [0.3, 0.4) is 0 Å². The fraction of sp³-hybridized carbons (Fsp3) is 0.643. The monoisotopic (exact) mass is 366 g/mol. The summed E-state index contributed by atoms with van der Waals surface area (Å²) in [6.07, 6.45) is -7.97. The standard InChI is InChI=1S/C14H19FO10/c1-6(16)22-5-10(23-7(2)17)12(24-8(3)18)13(25-9(4)19)11(20)14(15)21/h10-13,20H,5H2,1-4H3/t10-,11-,12-,13-/m1/s1. The van der Waals surface area contributed by atoms with E-state index >= 15 is 0 Å². The highest BCUT2D eigenvalue weighted by atomic mass is 19.1. The van der Waals surface area contributed by atoms with Crippen LogP contribution in [0, 0.1) is 0 Å². The van der Waals surface area contributed by atoms with E-state index in [4.69, 9.17) is 9.47 Å². The molecule has 11 heteroatoms. The lowest BCUT2D eigenvalue weighted by Gasteiger charge is -2.32. The van der Waals surface area contributed by atoms with Gasteiger partial charge in [0, 0.05) is 27.7 Å². The predicted octanol–water partition coefficient (Wildman–Crippen LogP) is -0.798. The highest BCUT2D eigenvalue weighted by Gasteiger charge is 2.44. The Balaban J connectivity index is 5.81. The molecule has 0 rings (SSSR count). The summed E-state index contributed by atoms with van der Waals surface area (Å²) < 4.78 is 31.9. The molecule has 0 aromatic heterocycles. The average molecular weight is 366 g/mol. The van der Waals surface area contributed by atoms with Crippen molar-refractivity contribution in [2.45, 2.75) is 52.1 Å². The van der Waals surface area contributed by atoms with Gasteiger partial charge in [-0.2, -0.15) is 4.39 Å². The van der Waals surface area contributed by atoms with E-state index in [1.165, 1.54) is 0 Å². The molecule has 142 valence electrons. The number of rotatable bonds is 9. The zero-order valence-corrected chi connectivity index (χ0v) is 14.0. The molecule has 4 atom stereocenters. The van der Waals surface area contributed by atoms with Crippen LogP contribution in [0.4, 0.5) is 4.39 Å². The van der Waals surface area contributed by atoms with Crippen molar-refractivity contribution in [1.29, 1.82) is 0 Å². The van der Waals surface area contributed by atoms with Gasteiger partial charge in [-0.05, 0) is 0 Å². The Kier molecular flexibility index (Phi) is 9.28. The Labute approximate surface area is 142 Å². The molecule has 0 saturated carbocycles. The Morgan fingerprint density at radius 1 is 0.800 bits per heavy atom. The molecule has 0 saturated heterocycles. The van der Waals surface area contributed by atoms with Gasteiger partial charge >= 0.3 is 29.9 Å². The summed E-state index contributed by atoms with van der Waals surface area (Å²) in [5, 5.41) is 9.64. The van der Waals surface area contributed by atoms with Crippen LogP contribution in [-0.2, 0) is 42.9 Å². The minimum atomic E-state index is -2.52. The summed E-state index contributed by atoms with van der Waals surface area (Å²) in [6, 6.07) is -2.28. The largest absolute Gasteiger partial charge is 0.462 e. The third kappa shape index (κ3) is 8.74. The Bertz CT molecular complexity index is 532. The molecule has 0 aromatic carbocycles. The highest BCUT2D eigenvalue weighted by molar-refractivity contribution is 5.75. The van der Waals surface area contributed by atoms with Crippen LogP contribution in [0.25, 0.3) is 0 Å². The zero-order chi connectivity index (χ0) is 19.7. The molecule has 0 spiro atoms. The number of aliphatic hydroxyl groups is 1. The van der Waals surface area contributed by atoms with E-state index in [1.807, 2.05) is 0 Å². The van der Waals surface area contributed by atoms with Crippen LogP contribution < -0.4 is 0 Å². The van der Waals surface area contributed by atoms with Gasteiger partial charge in [-0.3, -0.25) is 24.0 Å². The quantitative estimate of drug-likeness (QED) is 0.313. The van der Waals surface area contributed by atoms with Gasteiger partial charge in [-0.1, -0.05) is 0 Å². The van der Waals surface area contributed by atoms with Gasteiger partial charge in [0.25, 0.3) is 0 Å². The molecule has 25 heavy (non-hydrogen) atoms. The van der Waals surface area contributed by atoms with Crippen molar-refractivity contribution in [1.82, 2.24) is 0 Å². The SMILES string of the molecule is CC(=O)OC[C@@H](OC(C)=O)[C@@H](OC(C)=O)[C@H](OC(C)=O)[C@@H](O)C(=O)F. The second-order valence-electron chi connectivity index (χ2n) is 4.85. The van der Waals surface area contributed by atoms with Gasteiger partial charge < -0.3 is 24.1 Å². The number of esters is 4. The summed E-state index contributed by atoms with van der Waals surface area (Å²) >= 11 is 0. The van der Waals surface area contributed by atoms with Gasteiger partial charge in [0.1, 0.15) is 6.61 Å². The molecule has 0 aliphatic heterocycles. The number of halogens is 1. The van der Waals surface area contributed by atoms with Gasteiger partial charge in [-0.15, -0.1) is 0 Å². The topological polar surface area (TPSA) is 143 Å². The third-order valence-corrected chi connectivity index (χ3v) is 2.61. The van der Waals surface area contributed by atoms with Crippen LogP contribution in [-0.4, -0.2) is 66.0 Å². The van der Waals surface area contributed by atoms with E-state index in [1.54, 1.807) is 0 Å². The molecule has 0 unspecified atom stereocenters. The van der Waals surface area contributed by atoms with Crippen molar-refractivity contribution in [3.63, 3.8) is 0 Å². The Morgan fingerprint density at radius 2 is 1.24 bits per heavy atom. The number of hydrogen-bond donors (Lipinski definition) is 1. The van der Waals surface area contributed by atoms with Crippen molar-refractivity contribution < 1.29 is 52.4 Å². The van der Waals surface area contributed by atoms with Crippen LogP contribution in [0.5, 0.6) is 0 Å². The fourth-order valence-electron chi connectivity index (χ4n) is 1.79. The van der Waals surface area contributed by atoms with Crippen LogP contribution in [0.1, 0.15) is 27.7 Å². The summed E-state index contributed by atoms with van der Waals surface area (Å²) in [7, 11) is 0. The van der Waals surface area contributed by atoms with E-state index in [9.17, 15) is 33.5 Å². The predicted molar refractivity (Wildman–Crippen MR) is 75.4 cm³/mol. The van der Waals surface area contributed by atoms with Gasteiger partial charge in [0.05, 0.1) is 0 Å². The minimum absolute atomic E-state index is 0.669. The molecule has 0 fully saturated rings. The van der Waals surface area contributed by atoms with Crippen LogP contribution in [0.2, 0.25) is 0 Å². The highest BCUT2D eigenvalue weighted by Crippen LogP contribution is 2.18. The second-order valence-corrected chi connectivity index (χ2v) is 4.85. The molecule has 0 bridgehead atoms. The van der Waals surface area contributed by atoms with E-state index in [0.29, 0.717) is 0 Å². The molecule has 1 N–H and O–H groups in total. The summed E-state index contributed by atoms with van der Waals surface area (Å²) in [4.78, 5) is 55.5. The summed E-state index contributed by atoms with van der Waals surface area (Å²) in [5.74, 6) is -3.72. The fourth-order valence-corrected chi connectivity index (χ4v) is 1.79. The van der Waals surface area contributed by atoms with Crippen molar-refractivity contribution >= 4 is 29.9 Å². The molecule has 0 heterocycles. The molecule has 0 aliphatic carbocycles. The Morgan fingerprint density at radius 3 is 1.60 bits per heavy atom. The van der Waals surface area contributed by atoms with Crippen molar-refractivity contribution in [3.05, 3.63) is 0 Å². The molecule has 0 radical (unpaired) electrons. The Hall–Kier alpha value is -2.56. The first-order chi connectivity index (χ1) is 11.5. The molecule has 10 nitrogen and oxygen atoms in total. The van der Waals surface area contributed by atoms with Crippen molar-refractivity contribution in [2.24, 2.45) is 0 Å². The zero-order valence-electron chi connectivity index (χ0n) is 14.0. The number of aliphatic hydroxyl groups excluding tert-OH is 1. The van der Waals surface area contributed by atoms with E-state index < -0.39 is 60.9 Å². The maximum atomic E-state index is 12.9. The normalized spacial score (nSPS) is 15.1. The number of carbonyl (C=O) groups is 5. The van der Waals surface area contributed by atoms with E-state index in [-0.39, 0.29) is 0 Å². The smallest absolute Gasteiger partial charge is 0.333 e. The minimum Gasteiger partial charge on any atom is -0.462 e. The summed E-state index contributed by atoms with van der Waals surface area (Å²) in [5.41, 5.74) is 0. The first-order valence-electron chi connectivity index (χ1n) is 6.98. The van der Waals surface area contributed by atoms with Gasteiger partial charge in [0.15, 0.2) is 24.4 Å². The molecular formula is C14H19FO10. The molecule has 0 aromatic rings. The maximum absolute atomic E-state index is 12.9. The number of ether oxygens (including phenoxy) is 4. The lowest BCUT2D eigenvalue weighted by atomic mass is 10.0. The first-order valence-corrected chi connectivity index (χ1v) is 6.98. The van der Waals surface area contributed by atoms with Crippen molar-refractivity contribution in [3.8, 4) is 0 Å². The maximum Gasteiger partial charge on any atom is 0.333 e. The van der Waals surface area contributed by atoms with E-state index in [0.717, 1.165) is 27.7 Å². The lowest BCUT2D eigenvalue weighted by molar-refractivity contribution is -0.200. The van der Waals surface area contributed by atoms with E-state index in [2.05, 4.69) is 9.47 Å². The number of hydrogen-bond acceptors (Lipinski definition) is 10. The third-order valence-electron chi connectivity index (χ3n) is 2.61. The second kappa shape index (κ2) is 10.3. The van der Waals surface area contributed by atoms with Crippen LogP contribution in [0.15, 0.2) is 0 Å². The van der Waals surface area contributed by atoms with Crippen LogP contribution >= 0.6 is 0 Å². The summed E-state index contributed by atoms with van der Waals surface area (Å²) in [6.45, 7) is 3.16.